The first-order valence-corrected chi connectivity index (χ1v) is 2.74. The Morgan fingerprint density at radius 3 is 2.08 bits per heavy atom. The fourth-order valence-corrected chi connectivity index (χ4v) is 0.402. The molecule has 64 valence electrons. The van der Waals surface area contributed by atoms with E-state index in [0.29, 0.717) is 0 Å². The molecule has 0 amide bonds. The summed E-state index contributed by atoms with van der Waals surface area (Å²) in [4.78, 5) is 19.9. The minimum Gasteiger partial charge on any atom is -1.00 e. The van der Waals surface area contributed by atoms with Crippen LogP contribution in [0.2, 0.25) is 0 Å². The van der Waals surface area contributed by atoms with Gasteiger partial charge in [0.2, 0.25) is 0 Å². The van der Waals surface area contributed by atoms with Gasteiger partial charge < -0.3 is 20.2 Å². The minimum atomic E-state index is -1.17. The summed E-state index contributed by atoms with van der Waals surface area (Å²) in [7, 11) is 0. The van der Waals surface area contributed by atoms with Gasteiger partial charge in [0.15, 0.2) is 0 Å². The minimum absolute atomic E-state index is 0. The molecule has 0 aromatic carbocycles. The number of carbonyl (C=O) groups is 2. The number of hydrogen-bond acceptors (Lipinski definition) is 3. The van der Waals surface area contributed by atoms with E-state index in [1.807, 2.05) is 0 Å². The van der Waals surface area contributed by atoms with E-state index in [-0.39, 0.29) is 84.4 Å². The van der Waals surface area contributed by atoms with Crippen molar-refractivity contribution in [3.8, 4) is 0 Å². The van der Waals surface area contributed by atoms with Gasteiger partial charge in [0.05, 0.1) is 0 Å². The van der Waals surface area contributed by atoms with Crippen molar-refractivity contribution in [1.82, 2.24) is 0 Å². The third-order valence-electron chi connectivity index (χ3n) is 0.986. The zero-order valence-corrected chi connectivity index (χ0v) is 11.2. The molecule has 0 saturated heterocycles. The van der Waals surface area contributed by atoms with Gasteiger partial charge in [0, 0.05) is 6.42 Å². The second-order valence-corrected chi connectivity index (χ2v) is 1.88. The summed E-state index contributed by atoms with van der Waals surface area (Å²) >= 11 is 0. The van der Waals surface area contributed by atoms with Crippen molar-refractivity contribution in [2.24, 2.45) is 5.73 Å². The molecule has 0 fully saturated rings. The number of nitrogens with two attached hydrogens (primary N) is 1. The molecule has 1 atom stereocenters. The molecule has 0 heterocycles. The van der Waals surface area contributed by atoms with Crippen LogP contribution in [0.15, 0.2) is 0 Å². The number of rotatable bonds is 4. The van der Waals surface area contributed by atoms with Gasteiger partial charge in [0.25, 0.3) is 0 Å². The molecule has 12 heavy (non-hydrogen) atoms. The Morgan fingerprint density at radius 1 is 1.42 bits per heavy atom. The van der Waals surface area contributed by atoms with Crippen molar-refractivity contribution in [3.05, 3.63) is 0 Å². The summed E-state index contributed by atoms with van der Waals surface area (Å²) in [5, 5.41) is 16.3. The second-order valence-electron chi connectivity index (χ2n) is 1.88. The van der Waals surface area contributed by atoms with Crippen LogP contribution in [-0.4, -0.2) is 65.9 Å². The molecule has 0 rings (SSSR count). The van der Waals surface area contributed by atoms with Crippen molar-refractivity contribution < 1.29 is 53.6 Å². The molecule has 0 aliphatic rings. The van der Waals surface area contributed by atoms with Gasteiger partial charge >= 0.3 is 79.2 Å². The van der Waals surface area contributed by atoms with Crippen LogP contribution in [0.4, 0.5) is 0 Å². The zero-order chi connectivity index (χ0) is 8.15. The smallest absolute Gasteiger partial charge is 1.00 e. The zero-order valence-electron chi connectivity index (χ0n) is 9.99. The molecule has 0 aromatic rings. The van der Waals surface area contributed by atoms with Crippen LogP contribution in [0, 0.1) is 0 Å². The molecule has 0 bridgehead atoms. The monoisotopic (exact) mass is 213 g/mol. The normalized spacial score (nSPS) is 10.4. The van der Waals surface area contributed by atoms with E-state index in [0.717, 1.165) is 0 Å². The van der Waals surface area contributed by atoms with Crippen molar-refractivity contribution in [2.75, 3.05) is 0 Å². The summed E-state index contributed by atoms with van der Waals surface area (Å²) in [5.41, 5.74) is 5.00. The Morgan fingerprint density at radius 2 is 1.83 bits per heavy atom. The Kier molecular flexibility index (Phi) is 16.1. The number of aliphatic carboxylic acids is 2. The number of carboxylic acids is 2. The van der Waals surface area contributed by atoms with Gasteiger partial charge in [0.1, 0.15) is 6.04 Å². The van der Waals surface area contributed by atoms with E-state index >= 15 is 0 Å². The fourth-order valence-electron chi connectivity index (χ4n) is 0.402. The number of hydrogen-bond donors (Lipinski definition) is 3. The van der Waals surface area contributed by atoms with Crippen LogP contribution < -0.4 is 35.3 Å². The quantitative estimate of drug-likeness (QED) is 0.416. The predicted molar refractivity (Wildman–Crippen MR) is 41.6 cm³/mol. The van der Waals surface area contributed by atoms with Gasteiger partial charge in [-0.25, -0.2) is 0 Å². The van der Waals surface area contributed by atoms with E-state index < -0.39 is 18.0 Å². The molecular weight excluding hydrogens is 201 g/mol. The van der Waals surface area contributed by atoms with Crippen LogP contribution >= 0.6 is 0 Å². The summed E-state index contributed by atoms with van der Waals surface area (Å²) in [6.07, 6.45) is -0.224. The van der Waals surface area contributed by atoms with Gasteiger partial charge in [-0.2, -0.15) is 0 Å². The van der Waals surface area contributed by atoms with Gasteiger partial charge in [-0.15, -0.1) is 0 Å². The van der Waals surface area contributed by atoms with Crippen LogP contribution in [-0.2, 0) is 9.59 Å². The van der Waals surface area contributed by atoms with Crippen LogP contribution in [0.1, 0.15) is 17.1 Å². The maximum Gasteiger partial charge on any atom is 2.00 e. The van der Waals surface area contributed by atoms with E-state index in [4.69, 9.17) is 15.9 Å². The van der Waals surface area contributed by atoms with Crippen LogP contribution in [0.3, 0.4) is 0 Å². The molecule has 4 N–H and O–H groups in total. The summed E-state index contributed by atoms with van der Waals surface area (Å²) in [6.45, 7) is 0. The Labute approximate surface area is 126 Å². The molecule has 0 aliphatic heterocycles. The molecule has 0 saturated carbocycles. The van der Waals surface area contributed by atoms with Gasteiger partial charge in [-0.3, -0.25) is 9.59 Å². The molecular formula is C5H12CaNNaO4. The van der Waals surface area contributed by atoms with Gasteiger partial charge in [-0.1, -0.05) is 0 Å². The average molecular weight is 213 g/mol. The summed E-state index contributed by atoms with van der Waals surface area (Å²) in [5.74, 6) is -2.20. The Hall–Kier alpha value is 1.16. The maximum absolute atomic E-state index is 9.99. The Bertz CT molecular complexity index is 165. The van der Waals surface area contributed by atoms with Crippen molar-refractivity contribution in [2.45, 2.75) is 18.9 Å². The van der Waals surface area contributed by atoms with Crippen molar-refractivity contribution in [3.63, 3.8) is 0 Å². The molecule has 0 spiro atoms. The van der Waals surface area contributed by atoms with E-state index in [1.165, 1.54) is 0 Å². The standard InChI is InChI=1S/C5H9NO4.Ca.Na.3H/c6-3(5(9)10)1-2-4(7)8;;;;;/h3H,1-2,6H2,(H,7,8)(H,9,10);;;;;/q;+2;+1;3*-1. The molecule has 0 aromatic heterocycles. The predicted octanol–water partition coefficient (Wildman–Crippen LogP) is -3.78. The maximum atomic E-state index is 9.99. The van der Waals surface area contributed by atoms with Crippen molar-refractivity contribution in [1.29, 1.82) is 0 Å². The van der Waals surface area contributed by atoms with Crippen LogP contribution in [0.5, 0.6) is 0 Å². The summed E-state index contributed by atoms with van der Waals surface area (Å²) < 4.78 is 0. The molecule has 0 radical (unpaired) electrons. The van der Waals surface area contributed by atoms with E-state index in [9.17, 15) is 9.59 Å². The van der Waals surface area contributed by atoms with Crippen LogP contribution in [0.25, 0.3) is 0 Å². The second kappa shape index (κ2) is 10.2. The van der Waals surface area contributed by atoms with E-state index in [2.05, 4.69) is 0 Å². The third-order valence-corrected chi connectivity index (χ3v) is 0.986. The number of carboxylic acid groups (broad SMARTS) is 2. The van der Waals surface area contributed by atoms with E-state index in [1.54, 1.807) is 0 Å². The topological polar surface area (TPSA) is 101 Å². The fraction of sp³-hybridized carbons (Fsp3) is 0.600. The third kappa shape index (κ3) is 11.2. The SMILES string of the molecule is NC(CCC(=O)O)C(=O)O.[Ca+2].[H-].[H-].[H-].[Na+]. The molecule has 0 aliphatic carbocycles. The molecule has 1 unspecified atom stereocenters. The van der Waals surface area contributed by atoms with Gasteiger partial charge in [-0.05, 0) is 6.42 Å². The molecule has 5 nitrogen and oxygen atoms in total. The molecule has 7 heteroatoms. The Balaban J connectivity index is -0.0000000405. The first-order chi connectivity index (χ1) is 4.54. The first kappa shape index (κ1) is 18.9. The first-order valence-electron chi connectivity index (χ1n) is 2.74. The van der Waals surface area contributed by atoms with Crippen molar-refractivity contribution >= 4 is 49.7 Å². The summed E-state index contributed by atoms with van der Waals surface area (Å²) in [6, 6.07) is -1.06. The average Bonchev–Trinajstić information content (AvgIpc) is 1.82. The largest absolute Gasteiger partial charge is 2.00 e.